The highest BCUT2D eigenvalue weighted by Gasteiger charge is 2.36. The van der Waals surface area contributed by atoms with Gasteiger partial charge in [0.25, 0.3) is 10.1 Å². The smallest absolute Gasteiger partial charge is 0.410 e. The fourth-order valence-electron chi connectivity index (χ4n) is 5.48. The molecule has 0 saturated carbocycles. The molecule has 1 aromatic carbocycles. The van der Waals surface area contributed by atoms with Gasteiger partial charge in [0.05, 0.1) is 42.8 Å². The Morgan fingerprint density at radius 2 is 1.63 bits per heavy atom. The van der Waals surface area contributed by atoms with Gasteiger partial charge in [-0.1, -0.05) is 17.7 Å². The number of hydrogen-bond donors (Lipinski definition) is 3. The van der Waals surface area contributed by atoms with Crippen LogP contribution in [0.1, 0.15) is 53.0 Å². The van der Waals surface area contributed by atoms with Crippen LogP contribution in [0.3, 0.4) is 0 Å². The number of likely N-dealkylation sites (tertiary alicyclic amines) is 1. The lowest BCUT2D eigenvalue weighted by Crippen LogP contribution is -2.39. The van der Waals surface area contributed by atoms with Gasteiger partial charge in [0.15, 0.2) is 17.8 Å². The fraction of sp³-hybridized carbons (Fsp3) is 0.528. The second-order valence-corrected chi connectivity index (χ2v) is 15.4. The van der Waals surface area contributed by atoms with E-state index in [1.165, 1.54) is 12.1 Å². The van der Waals surface area contributed by atoms with Crippen molar-refractivity contribution >= 4 is 27.9 Å². The molecule has 0 unspecified atom stereocenters. The summed E-state index contributed by atoms with van der Waals surface area (Å²) >= 11 is 0. The zero-order valence-corrected chi connectivity index (χ0v) is 32.8. The van der Waals surface area contributed by atoms with Crippen LogP contribution >= 0.6 is 0 Å². The summed E-state index contributed by atoms with van der Waals surface area (Å²) in [5.74, 6) is 2.51. The fourth-order valence-corrected chi connectivity index (χ4v) is 5.96. The molecule has 4 aromatic rings. The van der Waals surface area contributed by atoms with Gasteiger partial charge in [0.2, 0.25) is 11.7 Å². The SMILES string of the molecule is COC(CNc1ncc(O[C@@H]2C[C@H](C)N(C(=O)OC(C)(C)C)C2)cn1)OC.C[C@H]1C[C@@H](Oc2cnc3nccn3c2)CN1.Cc1ccc(S(=O)(=O)O)cc1. The lowest BCUT2D eigenvalue weighted by Gasteiger charge is -2.26. The average molecular weight is 773 g/mol. The molecule has 296 valence electrons. The summed E-state index contributed by atoms with van der Waals surface area (Å²) < 4.78 is 58.8. The molecule has 3 N–H and O–H groups in total. The summed E-state index contributed by atoms with van der Waals surface area (Å²) in [6, 6.07) is 6.57. The third kappa shape index (κ3) is 13.3. The normalized spacial score (nSPS) is 19.8. The Bertz CT molecular complexity index is 1870. The number of anilines is 1. The molecule has 4 atom stereocenters. The van der Waals surface area contributed by atoms with Crippen LogP contribution in [0.4, 0.5) is 10.7 Å². The number of aromatic nitrogens is 5. The molecule has 0 aliphatic carbocycles. The highest BCUT2D eigenvalue weighted by molar-refractivity contribution is 7.85. The molecule has 0 spiro atoms. The molecular weight excluding hydrogens is 721 g/mol. The van der Waals surface area contributed by atoms with Crippen LogP contribution in [0.2, 0.25) is 0 Å². The second-order valence-electron chi connectivity index (χ2n) is 14.0. The van der Waals surface area contributed by atoms with Crippen molar-refractivity contribution in [3.63, 3.8) is 0 Å². The number of nitrogens with zero attached hydrogens (tertiary/aromatic N) is 6. The van der Waals surface area contributed by atoms with Crippen LogP contribution in [0.15, 0.2) is 66.3 Å². The minimum Gasteiger partial charge on any atom is -0.486 e. The Morgan fingerprint density at radius 1 is 0.981 bits per heavy atom. The molecular formula is C36H52N8O9S. The number of methoxy groups -OCH3 is 2. The average Bonchev–Trinajstić information content (AvgIpc) is 3.85. The monoisotopic (exact) mass is 772 g/mol. The van der Waals surface area contributed by atoms with E-state index in [0.29, 0.717) is 36.6 Å². The van der Waals surface area contributed by atoms with Gasteiger partial charge in [-0.2, -0.15) is 8.42 Å². The van der Waals surface area contributed by atoms with Crippen molar-refractivity contribution in [2.75, 3.05) is 39.2 Å². The van der Waals surface area contributed by atoms with E-state index >= 15 is 0 Å². The Kier molecular flexibility index (Phi) is 14.9. The number of hydrogen-bond acceptors (Lipinski definition) is 14. The highest BCUT2D eigenvalue weighted by Crippen LogP contribution is 2.24. The van der Waals surface area contributed by atoms with Gasteiger partial charge in [-0.25, -0.2) is 24.7 Å². The van der Waals surface area contributed by atoms with Gasteiger partial charge in [-0.15, -0.1) is 0 Å². The van der Waals surface area contributed by atoms with Crippen molar-refractivity contribution in [2.24, 2.45) is 0 Å². The largest absolute Gasteiger partial charge is 0.486 e. The zero-order valence-electron chi connectivity index (χ0n) is 32.0. The first kappa shape index (κ1) is 42.1. The van der Waals surface area contributed by atoms with E-state index in [1.54, 1.807) is 56.0 Å². The van der Waals surface area contributed by atoms with E-state index in [9.17, 15) is 13.2 Å². The molecule has 5 heterocycles. The van der Waals surface area contributed by atoms with E-state index in [2.05, 4.69) is 37.5 Å². The topological polar surface area (TPSA) is 201 Å². The van der Waals surface area contributed by atoms with Gasteiger partial charge < -0.3 is 39.2 Å². The first-order chi connectivity index (χ1) is 25.5. The van der Waals surface area contributed by atoms with Crippen molar-refractivity contribution < 1.29 is 41.4 Å². The summed E-state index contributed by atoms with van der Waals surface area (Å²) in [5.41, 5.74) is 0.439. The molecule has 18 heteroatoms. The first-order valence-electron chi connectivity index (χ1n) is 17.5. The number of aryl methyl sites for hydroxylation is 1. The van der Waals surface area contributed by atoms with Crippen LogP contribution in [-0.2, 0) is 24.3 Å². The van der Waals surface area contributed by atoms with E-state index in [0.717, 1.165) is 30.7 Å². The van der Waals surface area contributed by atoms with Gasteiger partial charge in [-0.3, -0.25) is 8.95 Å². The lowest BCUT2D eigenvalue weighted by molar-refractivity contribution is -0.0914. The summed E-state index contributed by atoms with van der Waals surface area (Å²) in [5, 5.41) is 6.38. The van der Waals surface area contributed by atoms with Crippen molar-refractivity contribution in [3.8, 4) is 11.5 Å². The second kappa shape index (κ2) is 19.1. The van der Waals surface area contributed by atoms with Crippen LogP contribution in [0.5, 0.6) is 11.5 Å². The van der Waals surface area contributed by atoms with Crippen molar-refractivity contribution in [1.82, 2.24) is 34.6 Å². The van der Waals surface area contributed by atoms with Gasteiger partial charge in [0.1, 0.15) is 17.8 Å². The number of nitrogens with one attached hydrogen (secondary N) is 2. The quantitative estimate of drug-likeness (QED) is 0.151. The highest BCUT2D eigenvalue weighted by atomic mass is 32.2. The number of carbonyl (C=O) groups excluding carboxylic acids is 1. The molecule has 0 radical (unpaired) electrons. The Balaban J connectivity index is 0.000000201. The van der Waals surface area contributed by atoms with Crippen molar-refractivity contribution in [3.05, 3.63) is 67.0 Å². The molecule has 1 amide bonds. The number of carbonyl (C=O) groups is 1. The Labute approximate surface area is 316 Å². The Morgan fingerprint density at radius 3 is 2.22 bits per heavy atom. The standard InChI is InChI=1S/C18H30N4O5.C11H14N4O.C7H8O3S/c1-12-7-13(11-22(12)17(23)27-18(2,3)4)26-14-8-19-16(20-9-14)21-10-15(24-5)25-6;1-8-4-9(5-13-8)16-10-6-14-11-12-2-3-15(11)7-10;1-6-2-4-7(5-3-6)11(8,9)10/h8-9,12-13,15H,7,10-11H2,1-6H3,(H,19,20,21);2-3,6-9,13H,4-5H2,1H3;2-5H,1H3,(H,8,9,10)/t12-,13+;8-,9+;/m00./s1. The van der Waals surface area contributed by atoms with Crippen molar-refractivity contribution in [1.29, 1.82) is 0 Å². The molecule has 17 nitrogen and oxygen atoms in total. The molecule has 2 aliphatic rings. The number of ether oxygens (including phenoxy) is 5. The lowest BCUT2D eigenvalue weighted by atomic mass is 10.2. The summed E-state index contributed by atoms with van der Waals surface area (Å²) in [4.78, 5) is 30.7. The molecule has 3 aromatic heterocycles. The number of fused-ring (bicyclic) bond motifs is 1. The molecule has 6 rings (SSSR count). The molecule has 54 heavy (non-hydrogen) atoms. The van der Waals surface area contributed by atoms with E-state index in [-0.39, 0.29) is 35.5 Å². The minimum atomic E-state index is -4.02. The van der Waals surface area contributed by atoms with Crippen LogP contribution < -0.4 is 20.1 Å². The molecule has 2 fully saturated rings. The third-order valence-corrected chi connectivity index (χ3v) is 9.07. The van der Waals surface area contributed by atoms with Gasteiger partial charge in [0, 0.05) is 58.1 Å². The molecule has 2 aliphatic heterocycles. The number of rotatable bonds is 10. The minimum absolute atomic E-state index is 0.0479. The maximum absolute atomic E-state index is 12.3. The van der Waals surface area contributed by atoms with E-state index in [4.69, 9.17) is 28.2 Å². The summed E-state index contributed by atoms with van der Waals surface area (Å²) in [6.07, 6.45) is 11.6. The van der Waals surface area contributed by atoms with E-state index < -0.39 is 15.7 Å². The summed E-state index contributed by atoms with van der Waals surface area (Å²) in [6.45, 7) is 13.4. The predicted octanol–water partition coefficient (Wildman–Crippen LogP) is 4.38. The van der Waals surface area contributed by atoms with E-state index in [1.807, 2.05) is 51.4 Å². The molecule has 0 bridgehead atoms. The van der Waals surface area contributed by atoms with Crippen molar-refractivity contribution in [2.45, 2.75) is 95.5 Å². The van der Waals surface area contributed by atoms with Crippen LogP contribution in [0, 0.1) is 6.92 Å². The van der Waals surface area contributed by atoms with Crippen LogP contribution in [-0.4, -0.2) is 118 Å². The van der Waals surface area contributed by atoms with Gasteiger partial charge >= 0.3 is 6.09 Å². The number of benzene rings is 1. The Hall–Kier alpha value is -4.62. The number of amides is 1. The number of imidazole rings is 1. The maximum atomic E-state index is 12.3. The third-order valence-electron chi connectivity index (χ3n) is 8.20. The van der Waals surface area contributed by atoms with Crippen LogP contribution in [0.25, 0.3) is 5.78 Å². The maximum Gasteiger partial charge on any atom is 0.410 e. The predicted molar refractivity (Wildman–Crippen MR) is 200 cm³/mol. The summed E-state index contributed by atoms with van der Waals surface area (Å²) in [7, 11) is -0.887. The first-order valence-corrected chi connectivity index (χ1v) is 19.0. The zero-order chi connectivity index (χ0) is 39.5. The molecule has 2 saturated heterocycles. The van der Waals surface area contributed by atoms with Gasteiger partial charge in [-0.05, 0) is 53.7 Å².